The fraction of sp³-hybridized carbons (Fsp3) is 0.412. The number of carbonyl (C=O) groups is 2. The molecule has 0 saturated heterocycles. The highest BCUT2D eigenvalue weighted by molar-refractivity contribution is 5.94. The average molecular weight is 272 g/mol. The molecule has 0 bridgehead atoms. The Hall–Kier alpha value is -1.90. The van der Waals surface area contributed by atoms with E-state index in [4.69, 9.17) is 4.74 Å². The van der Waals surface area contributed by atoms with Crippen LogP contribution in [0.2, 0.25) is 0 Å². The van der Waals surface area contributed by atoms with Crippen molar-refractivity contribution < 1.29 is 14.3 Å². The Morgan fingerprint density at radius 3 is 2.75 bits per heavy atom. The predicted molar refractivity (Wildman–Crippen MR) is 77.4 cm³/mol. The molecule has 0 aromatic heterocycles. The molecule has 0 fully saturated rings. The zero-order valence-corrected chi connectivity index (χ0v) is 12.0. The number of hydrogen-bond donors (Lipinski definition) is 0. The van der Waals surface area contributed by atoms with E-state index in [1.54, 1.807) is 13.0 Å². The van der Waals surface area contributed by atoms with Gasteiger partial charge in [-0.2, -0.15) is 0 Å². The summed E-state index contributed by atoms with van der Waals surface area (Å²) in [5.74, 6) is -0.741. The molecule has 0 aliphatic heterocycles. The topological polar surface area (TPSA) is 43.4 Å². The van der Waals surface area contributed by atoms with Gasteiger partial charge in [-0.3, -0.25) is 9.59 Å². The Balaban J connectivity index is 2.66. The van der Waals surface area contributed by atoms with Crippen LogP contribution in [-0.2, 0) is 26.2 Å². The van der Waals surface area contributed by atoms with Crippen molar-refractivity contribution in [2.45, 2.75) is 31.6 Å². The monoisotopic (exact) mass is 272 g/mol. The molecule has 0 N–H and O–H groups in total. The molecule has 1 unspecified atom stereocenters. The van der Waals surface area contributed by atoms with E-state index in [-0.39, 0.29) is 11.8 Å². The number of allylic oxidation sites excluding steroid dienone is 1. The average Bonchev–Trinajstić information content (AvgIpc) is 2.46. The number of carbonyl (C=O) groups excluding carboxylic acids is 2. The molecule has 3 nitrogen and oxygen atoms in total. The third-order valence-corrected chi connectivity index (χ3v) is 4.38. The van der Waals surface area contributed by atoms with E-state index < -0.39 is 11.3 Å². The fourth-order valence-electron chi connectivity index (χ4n) is 3.43. The standard InChI is InChI=1S/C17H20O3/c1-4-11-17(12(2)18)14-8-6-5-7-13(14)9-10-15(17)16(19)20-3/h4-8,15H,1,9-11H2,2-3H3/t15?,17-/m0/s1. The van der Waals surface area contributed by atoms with Crippen molar-refractivity contribution in [2.24, 2.45) is 5.92 Å². The normalized spacial score (nSPS) is 24.6. The molecular formula is C17H20O3. The van der Waals surface area contributed by atoms with E-state index in [1.807, 2.05) is 24.3 Å². The van der Waals surface area contributed by atoms with Crippen LogP contribution in [0, 0.1) is 5.92 Å². The van der Waals surface area contributed by atoms with Gasteiger partial charge in [0.15, 0.2) is 0 Å². The van der Waals surface area contributed by atoms with Crippen LogP contribution in [0.4, 0.5) is 0 Å². The van der Waals surface area contributed by atoms with Gasteiger partial charge in [-0.25, -0.2) is 0 Å². The highest BCUT2D eigenvalue weighted by Gasteiger charge is 2.50. The van der Waals surface area contributed by atoms with Crippen molar-refractivity contribution in [3.8, 4) is 0 Å². The second-order valence-corrected chi connectivity index (χ2v) is 5.29. The summed E-state index contributed by atoms with van der Waals surface area (Å²) >= 11 is 0. The first-order valence-corrected chi connectivity index (χ1v) is 6.86. The van der Waals surface area contributed by atoms with Gasteiger partial charge in [0.05, 0.1) is 18.4 Å². The Kier molecular flexibility index (Phi) is 4.07. The number of ether oxygens (including phenoxy) is 1. The number of fused-ring (bicyclic) bond motifs is 1. The van der Waals surface area contributed by atoms with Crippen LogP contribution < -0.4 is 0 Å². The molecule has 2 atom stereocenters. The lowest BCUT2D eigenvalue weighted by molar-refractivity contribution is -0.152. The summed E-state index contributed by atoms with van der Waals surface area (Å²) < 4.78 is 4.93. The summed E-state index contributed by atoms with van der Waals surface area (Å²) in [5.41, 5.74) is 1.27. The minimum atomic E-state index is -0.830. The molecule has 0 saturated carbocycles. The SMILES string of the molecule is C=CC[C@]1(C(C)=O)c2ccccc2CCC1C(=O)OC. The quantitative estimate of drug-likeness (QED) is 0.625. The van der Waals surface area contributed by atoms with Gasteiger partial charge in [-0.05, 0) is 37.3 Å². The molecule has 2 rings (SSSR count). The maximum atomic E-state index is 12.4. The molecule has 0 heterocycles. The third kappa shape index (κ3) is 2.07. The third-order valence-electron chi connectivity index (χ3n) is 4.38. The zero-order chi connectivity index (χ0) is 14.8. The lowest BCUT2D eigenvalue weighted by atomic mass is 9.59. The maximum absolute atomic E-state index is 12.4. The first-order valence-electron chi connectivity index (χ1n) is 6.86. The highest BCUT2D eigenvalue weighted by Crippen LogP contribution is 2.45. The minimum absolute atomic E-state index is 0.0000463. The Bertz CT molecular complexity index is 547. The lowest BCUT2D eigenvalue weighted by Gasteiger charge is -2.41. The molecule has 1 aromatic carbocycles. The second-order valence-electron chi connectivity index (χ2n) is 5.29. The maximum Gasteiger partial charge on any atom is 0.310 e. The van der Waals surface area contributed by atoms with Crippen LogP contribution in [0.25, 0.3) is 0 Å². The van der Waals surface area contributed by atoms with Gasteiger partial charge in [-0.15, -0.1) is 6.58 Å². The number of hydrogen-bond acceptors (Lipinski definition) is 3. The van der Waals surface area contributed by atoms with Gasteiger partial charge in [0.25, 0.3) is 0 Å². The number of ketones is 1. The van der Waals surface area contributed by atoms with Crippen LogP contribution in [0.1, 0.15) is 30.9 Å². The van der Waals surface area contributed by atoms with Crippen LogP contribution in [0.5, 0.6) is 0 Å². The van der Waals surface area contributed by atoms with Crippen molar-refractivity contribution in [2.75, 3.05) is 7.11 Å². The van der Waals surface area contributed by atoms with Crippen molar-refractivity contribution in [3.05, 3.63) is 48.0 Å². The minimum Gasteiger partial charge on any atom is -0.469 e. The van der Waals surface area contributed by atoms with Gasteiger partial charge in [-0.1, -0.05) is 30.3 Å². The van der Waals surface area contributed by atoms with E-state index in [2.05, 4.69) is 6.58 Å². The van der Waals surface area contributed by atoms with Gasteiger partial charge in [0.1, 0.15) is 5.78 Å². The first kappa shape index (κ1) is 14.5. The smallest absolute Gasteiger partial charge is 0.310 e. The largest absolute Gasteiger partial charge is 0.469 e. The van der Waals surface area contributed by atoms with E-state index in [0.717, 1.165) is 17.5 Å². The summed E-state index contributed by atoms with van der Waals surface area (Å²) in [6.07, 6.45) is 3.61. The molecule has 20 heavy (non-hydrogen) atoms. The molecule has 0 radical (unpaired) electrons. The van der Waals surface area contributed by atoms with Gasteiger partial charge >= 0.3 is 5.97 Å². The highest BCUT2D eigenvalue weighted by atomic mass is 16.5. The second kappa shape index (κ2) is 5.61. The Labute approximate surface area is 119 Å². The number of esters is 1. The predicted octanol–water partition coefficient (Wildman–Crippen LogP) is 2.82. The summed E-state index contributed by atoms with van der Waals surface area (Å²) in [6, 6.07) is 7.87. The van der Waals surface area contributed by atoms with Crippen LogP contribution in [0.3, 0.4) is 0 Å². The summed E-state index contributed by atoms with van der Waals surface area (Å²) in [5, 5.41) is 0. The Morgan fingerprint density at radius 1 is 1.45 bits per heavy atom. The molecule has 1 aliphatic carbocycles. The Morgan fingerprint density at radius 2 is 2.15 bits per heavy atom. The molecular weight excluding hydrogens is 252 g/mol. The molecule has 3 heteroatoms. The summed E-state index contributed by atoms with van der Waals surface area (Å²) in [4.78, 5) is 24.6. The van der Waals surface area contributed by atoms with E-state index in [1.165, 1.54) is 7.11 Å². The van der Waals surface area contributed by atoms with E-state index in [9.17, 15) is 9.59 Å². The molecule has 0 spiro atoms. The van der Waals surface area contributed by atoms with Gasteiger partial charge in [0, 0.05) is 0 Å². The van der Waals surface area contributed by atoms with Crippen molar-refractivity contribution in [3.63, 3.8) is 0 Å². The summed E-state index contributed by atoms with van der Waals surface area (Å²) in [7, 11) is 1.38. The number of Topliss-reactive ketones (excluding diaryl/α,β-unsaturated/α-hetero) is 1. The fourth-order valence-corrected chi connectivity index (χ4v) is 3.43. The van der Waals surface area contributed by atoms with Crippen LogP contribution in [-0.4, -0.2) is 18.9 Å². The molecule has 106 valence electrons. The number of rotatable bonds is 4. The van der Waals surface area contributed by atoms with Crippen molar-refractivity contribution in [1.29, 1.82) is 0 Å². The lowest BCUT2D eigenvalue weighted by Crippen LogP contribution is -2.48. The summed E-state index contributed by atoms with van der Waals surface area (Å²) in [6.45, 7) is 5.33. The molecule has 0 amide bonds. The van der Waals surface area contributed by atoms with E-state index in [0.29, 0.717) is 12.8 Å². The number of benzene rings is 1. The van der Waals surface area contributed by atoms with Gasteiger partial charge < -0.3 is 4.74 Å². The van der Waals surface area contributed by atoms with Crippen LogP contribution >= 0.6 is 0 Å². The van der Waals surface area contributed by atoms with Crippen molar-refractivity contribution >= 4 is 11.8 Å². The van der Waals surface area contributed by atoms with Gasteiger partial charge in [0.2, 0.25) is 0 Å². The first-order chi connectivity index (χ1) is 9.57. The zero-order valence-electron chi connectivity index (χ0n) is 12.0. The number of methoxy groups -OCH3 is 1. The van der Waals surface area contributed by atoms with Crippen molar-refractivity contribution in [1.82, 2.24) is 0 Å². The van der Waals surface area contributed by atoms with Crippen LogP contribution in [0.15, 0.2) is 36.9 Å². The molecule has 1 aromatic rings. The molecule has 1 aliphatic rings. The van der Waals surface area contributed by atoms with E-state index >= 15 is 0 Å². The number of aryl methyl sites for hydroxylation is 1.